The van der Waals surface area contributed by atoms with Crippen molar-refractivity contribution in [3.63, 3.8) is 0 Å². The summed E-state index contributed by atoms with van der Waals surface area (Å²) in [6.07, 6.45) is 0. The number of benzene rings is 1. The summed E-state index contributed by atoms with van der Waals surface area (Å²) in [4.78, 5) is 11.8. The number of nitrogens with zero attached hydrogens (tertiary/aromatic N) is 1. The van der Waals surface area contributed by atoms with E-state index >= 15 is 0 Å². The zero-order valence-corrected chi connectivity index (χ0v) is 14.5. The van der Waals surface area contributed by atoms with Gasteiger partial charge < -0.3 is 10.1 Å². The Morgan fingerprint density at radius 2 is 2.09 bits per heavy atom. The molecular weight excluding hydrogens is 328 g/mol. The van der Waals surface area contributed by atoms with Gasteiger partial charge in [-0.15, -0.1) is 12.4 Å². The third kappa shape index (κ3) is 3.60. The van der Waals surface area contributed by atoms with Gasteiger partial charge in [-0.05, 0) is 31.5 Å². The van der Waals surface area contributed by atoms with E-state index in [1.54, 1.807) is 19.1 Å². The molecule has 0 radical (unpaired) electrons. The van der Waals surface area contributed by atoms with Crippen LogP contribution in [-0.2, 0) is 14.8 Å². The van der Waals surface area contributed by atoms with Crippen LogP contribution in [0.25, 0.3) is 0 Å². The number of esters is 1. The van der Waals surface area contributed by atoms with Crippen LogP contribution in [0.4, 0.5) is 0 Å². The molecule has 0 unspecified atom stereocenters. The first-order valence-corrected chi connectivity index (χ1v) is 8.23. The Hall–Kier alpha value is -1.15. The van der Waals surface area contributed by atoms with Crippen molar-refractivity contribution in [1.82, 2.24) is 9.62 Å². The van der Waals surface area contributed by atoms with Crippen molar-refractivity contribution in [2.75, 3.05) is 26.7 Å². The third-order valence-corrected chi connectivity index (χ3v) is 5.79. The fourth-order valence-corrected chi connectivity index (χ4v) is 4.31. The maximum Gasteiger partial charge on any atom is 0.337 e. The van der Waals surface area contributed by atoms with E-state index in [1.807, 2.05) is 6.92 Å². The first-order chi connectivity index (χ1) is 9.87. The summed E-state index contributed by atoms with van der Waals surface area (Å²) in [6.45, 7) is 5.25. The maximum atomic E-state index is 12.8. The molecule has 0 bridgehead atoms. The lowest BCUT2D eigenvalue weighted by atomic mass is 10.1. The fraction of sp³-hybridized carbons (Fsp3) is 0.500. The second-order valence-corrected chi connectivity index (χ2v) is 7.00. The van der Waals surface area contributed by atoms with Crippen molar-refractivity contribution in [1.29, 1.82) is 0 Å². The number of piperazine rings is 1. The van der Waals surface area contributed by atoms with Gasteiger partial charge in [-0.3, -0.25) is 0 Å². The van der Waals surface area contributed by atoms with Gasteiger partial charge in [-0.1, -0.05) is 6.07 Å². The molecule has 22 heavy (non-hydrogen) atoms. The number of sulfonamides is 1. The molecule has 1 aliphatic rings. The number of carbonyl (C=O) groups excluding carboxylic acids is 1. The number of hydrogen-bond acceptors (Lipinski definition) is 5. The highest BCUT2D eigenvalue weighted by molar-refractivity contribution is 7.89. The van der Waals surface area contributed by atoms with Crippen molar-refractivity contribution < 1.29 is 17.9 Å². The van der Waals surface area contributed by atoms with Crippen molar-refractivity contribution >= 4 is 28.4 Å². The quantitative estimate of drug-likeness (QED) is 0.830. The molecule has 0 amide bonds. The summed E-state index contributed by atoms with van der Waals surface area (Å²) in [7, 11) is -2.35. The number of halogens is 1. The standard InChI is InChI=1S/C14H20N2O4S.ClH/c1-10-4-5-12(14(17)20-3)8-13(10)21(18,19)16-7-6-15-9-11(16)2;/h4-5,8,11,15H,6-7,9H2,1-3H3;1H/t11-;/m0./s1. The summed E-state index contributed by atoms with van der Waals surface area (Å²) in [5, 5.41) is 3.16. The Balaban J connectivity index is 0.00000242. The molecule has 1 aromatic rings. The average molecular weight is 349 g/mol. The molecule has 1 saturated heterocycles. The van der Waals surface area contributed by atoms with Crippen LogP contribution in [0.1, 0.15) is 22.8 Å². The minimum atomic E-state index is -3.62. The smallest absolute Gasteiger partial charge is 0.337 e. The summed E-state index contributed by atoms with van der Waals surface area (Å²) in [5.74, 6) is -0.542. The first-order valence-electron chi connectivity index (χ1n) is 6.79. The lowest BCUT2D eigenvalue weighted by Crippen LogP contribution is -2.52. The average Bonchev–Trinajstić information content (AvgIpc) is 2.47. The summed E-state index contributed by atoms with van der Waals surface area (Å²) < 4.78 is 31.8. The molecule has 1 N–H and O–H groups in total. The minimum Gasteiger partial charge on any atom is -0.465 e. The van der Waals surface area contributed by atoms with Crippen LogP contribution in [0, 0.1) is 6.92 Å². The normalized spacial score (nSPS) is 19.3. The van der Waals surface area contributed by atoms with Crippen molar-refractivity contribution in [3.8, 4) is 0 Å². The predicted octanol–water partition coefficient (Wildman–Crippen LogP) is 1.19. The Kier molecular flexibility index (Phi) is 6.37. The highest BCUT2D eigenvalue weighted by Gasteiger charge is 2.32. The van der Waals surface area contributed by atoms with Gasteiger partial charge in [0.05, 0.1) is 17.6 Å². The second kappa shape index (κ2) is 7.41. The zero-order chi connectivity index (χ0) is 15.6. The van der Waals surface area contributed by atoms with E-state index in [9.17, 15) is 13.2 Å². The molecule has 0 spiro atoms. The van der Waals surface area contributed by atoms with E-state index in [-0.39, 0.29) is 28.9 Å². The Bertz CT molecular complexity index is 648. The third-order valence-electron chi connectivity index (χ3n) is 3.64. The molecule has 0 saturated carbocycles. The SMILES string of the molecule is COC(=O)c1ccc(C)c(S(=O)(=O)N2CCNC[C@@H]2C)c1.Cl. The Morgan fingerprint density at radius 1 is 1.41 bits per heavy atom. The highest BCUT2D eigenvalue weighted by atomic mass is 35.5. The first kappa shape index (κ1) is 18.9. The number of nitrogens with one attached hydrogen (secondary N) is 1. The van der Waals surface area contributed by atoms with E-state index in [1.165, 1.54) is 17.5 Å². The molecule has 1 heterocycles. The van der Waals surface area contributed by atoms with Gasteiger partial charge in [0.25, 0.3) is 0 Å². The minimum absolute atomic E-state index is 0. The van der Waals surface area contributed by atoms with E-state index in [4.69, 9.17) is 0 Å². The molecule has 1 aromatic carbocycles. The largest absolute Gasteiger partial charge is 0.465 e. The predicted molar refractivity (Wildman–Crippen MR) is 86.0 cm³/mol. The number of carbonyl (C=O) groups is 1. The lowest BCUT2D eigenvalue weighted by Gasteiger charge is -2.33. The van der Waals surface area contributed by atoms with Crippen molar-refractivity contribution in [2.24, 2.45) is 0 Å². The van der Waals surface area contributed by atoms with E-state index in [2.05, 4.69) is 10.1 Å². The second-order valence-electron chi connectivity index (χ2n) is 5.14. The molecule has 6 nitrogen and oxygen atoms in total. The Morgan fingerprint density at radius 3 is 2.68 bits per heavy atom. The number of aryl methyl sites for hydroxylation is 1. The highest BCUT2D eigenvalue weighted by Crippen LogP contribution is 2.24. The van der Waals surface area contributed by atoms with Crippen LogP contribution < -0.4 is 5.32 Å². The van der Waals surface area contributed by atoms with Gasteiger partial charge in [-0.2, -0.15) is 4.31 Å². The topological polar surface area (TPSA) is 75.7 Å². The molecule has 0 aromatic heterocycles. The molecule has 1 fully saturated rings. The van der Waals surface area contributed by atoms with Gasteiger partial charge in [0.1, 0.15) is 0 Å². The van der Waals surface area contributed by atoms with E-state index < -0.39 is 16.0 Å². The lowest BCUT2D eigenvalue weighted by molar-refractivity contribution is 0.0600. The summed E-state index contributed by atoms with van der Waals surface area (Å²) >= 11 is 0. The number of ether oxygens (including phenoxy) is 1. The van der Waals surface area contributed by atoms with Gasteiger partial charge in [-0.25, -0.2) is 13.2 Å². The molecular formula is C14H21ClN2O4S. The fourth-order valence-electron chi connectivity index (χ4n) is 2.43. The van der Waals surface area contributed by atoms with Gasteiger partial charge in [0.15, 0.2) is 0 Å². The van der Waals surface area contributed by atoms with Crippen LogP contribution in [0.15, 0.2) is 23.1 Å². The number of methoxy groups -OCH3 is 1. The number of rotatable bonds is 3. The Labute approximate surface area is 137 Å². The monoisotopic (exact) mass is 348 g/mol. The summed E-state index contributed by atoms with van der Waals surface area (Å²) in [5.41, 5.74) is 0.859. The molecule has 1 atom stereocenters. The molecule has 0 aliphatic carbocycles. The zero-order valence-electron chi connectivity index (χ0n) is 12.8. The van der Waals surface area contributed by atoms with Gasteiger partial charge in [0.2, 0.25) is 10.0 Å². The van der Waals surface area contributed by atoms with E-state index in [0.717, 1.165) is 0 Å². The van der Waals surface area contributed by atoms with Gasteiger partial charge in [0, 0.05) is 25.7 Å². The van der Waals surface area contributed by atoms with Crippen molar-refractivity contribution in [3.05, 3.63) is 29.3 Å². The summed E-state index contributed by atoms with van der Waals surface area (Å²) in [6, 6.07) is 4.48. The van der Waals surface area contributed by atoms with E-state index in [0.29, 0.717) is 25.2 Å². The van der Waals surface area contributed by atoms with Crippen LogP contribution in [0.5, 0.6) is 0 Å². The van der Waals surface area contributed by atoms with Crippen molar-refractivity contribution in [2.45, 2.75) is 24.8 Å². The van der Waals surface area contributed by atoms with Gasteiger partial charge >= 0.3 is 5.97 Å². The van der Waals surface area contributed by atoms with Crippen LogP contribution in [0.3, 0.4) is 0 Å². The van der Waals surface area contributed by atoms with Crippen LogP contribution in [-0.4, -0.2) is 51.5 Å². The number of hydrogen-bond donors (Lipinski definition) is 1. The van der Waals surface area contributed by atoms with Crippen LogP contribution >= 0.6 is 12.4 Å². The maximum absolute atomic E-state index is 12.8. The molecule has 124 valence electrons. The molecule has 8 heteroatoms. The van der Waals surface area contributed by atoms with Crippen LogP contribution in [0.2, 0.25) is 0 Å². The molecule has 1 aliphatic heterocycles. The molecule has 2 rings (SSSR count).